The molecule has 3 aromatic rings. The summed E-state index contributed by atoms with van der Waals surface area (Å²) in [6.07, 6.45) is 0.504. The molecule has 0 radical (unpaired) electrons. The zero-order chi connectivity index (χ0) is 18.1. The lowest BCUT2D eigenvalue weighted by atomic mass is 10.0. The Morgan fingerprint density at radius 1 is 1.32 bits per heavy atom. The lowest BCUT2D eigenvalue weighted by Gasteiger charge is -2.07. The molecule has 0 aliphatic carbocycles. The van der Waals surface area contributed by atoms with Crippen LogP contribution in [-0.2, 0) is 13.0 Å². The molecule has 25 heavy (non-hydrogen) atoms. The van der Waals surface area contributed by atoms with E-state index in [2.05, 4.69) is 15.3 Å². The number of aromatic amines is 1. The Bertz CT molecular complexity index is 969. The predicted octanol–water partition coefficient (Wildman–Crippen LogP) is 4.33. The highest BCUT2D eigenvalue weighted by Crippen LogP contribution is 2.31. The fraction of sp³-hybridized carbons (Fsp3) is 0.176. The summed E-state index contributed by atoms with van der Waals surface area (Å²) in [5.41, 5.74) is 9.16. The number of imidazole rings is 1. The number of nitrogens with zero attached hydrogens (tertiary/aromatic N) is 1. The third-order valence-corrected chi connectivity index (χ3v) is 4.55. The van der Waals surface area contributed by atoms with E-state index < -0.39 is 5.97 Å². The van der Waals surface area contributed by atoms with Crippen molar-refractivity contribution in [2.45, 2.75) is 19.9 Å². The van der Waals surface area contributed by atoms with Gasteiger partial charge in [0.15, 0.2) is 0 Å². The zero-order valence-electron chi connectivity index (χ0n) is 13.4. The highest BCUT2D eigenvalue weighted by atomic mass is 35.5. The number of carbonyl (C=O) groups is 1. The number of aromatic carboxylic acids is 1. The van der Waals surface area contributed by atoms with Crippen molar-refractivity contribution in [3.63, 3.8) is 0 Å². The topological polar surface area (TPSA) is 104 Å². The van der Waals surface area contributed by atoms with Crippen LogP contribution in [0.2, 0.25) is 10.0 Å². The number of fused-ring (bicyclic) bond motifs is 1. The first-order valence-electron chi connectivity index (χ1n) is 7.64. The molecule has 130 valence electrons. The summed E-state index contributed by atoms with van der Waals surface area (Å²) in [5, 5.41) is 13.2. The summed E-state index contributed by atoms with van der Waals surface area (Å²) in [6, 6.07) is 6.98. The molecule has 2 aromatic carbocycles. The van der Waals surface area contributed by atoms with Crippen LogP contribution in [0.25, 0.3) is 11.0 Å². The van der Waals surface area contributed by atoms with Crippen molar-refractivity contribution in [1.29, 1.82) is 0 Å². The Morgan fingerprint density at radius 3 is 2.72 bits per heavy atom. The Labute approximate surface area is 154 Å². The van der Waals surface area contributed by atoms with Gasteiger partial charge in [-0.15, -0.1) is 0 Å². The number of H-pyrrole nitrogens is 1. The third kappa shape index (κ3) is 3.28. The van der Waals surface area contributed by atoms with Gasteiger partial charge in [-0.1, -0.05) is 36.2 Å². The highest BCUT2D eigenvalue weighted by Gasteiger charge is 2.19. The molecule has 5 N–H and O–H groups in total. The standard InChI is InChI=1S/C17H16Cl2N4O2/c1-2-9-14(16(24)25)11(19)6-13-15(9)23-17(22-13)21-12-5-8(7-20)3-4-10(12)18/h3-6H,2,7,20H2,1H3,(H,24,25)(H2,21,22,23). The maximum atomic E-state index is 11.5. The molecule has 0 fully saturated rings. The maximum Gasteiger partial charge on any atom is 0.337 e. The van der Waals surface area contributed by atoms with Crippen molar-refractivity contribution in [1.82, 2.24) is 9.97 Å². The molecule has 8 heteroatoms. The van der Waals surface area contributed by atoms with E-state index >= 15 is 0 Å². The monoisotopic (exact) mass is 378 g/mol. The van der Waals surface area contributed by atoms with Crippen LogP contribution in [0.5, 0.6) is 0 Å². The van der Waals surface area contributed by atoms with E-state index in [0.29, 0.717) is 46.2 Å². The smallest absolute Gasteiger partial charge is 0.337 e. The number of aromatic nitrogens is 2. The summed E-state index contributed by atoms with van der Waals surface area (Å²) < 4.78 is 0. The molecule has 0 amide bonds. The number of hydrogen-bond donors (Lipinski definition) is 4. The van der Waals surface area contributed by atoms with Gasteiger partial charge in [-0.05, 0) is 35.7 Å². The van der Waals surface area contributed by atoms with E-state index in [4.69, 9.17) is 28.9 Å². The second-order valence-corrected chi connectivity index (χ2v) is 6.31. The number of rotatable bonds is 5. The minimum atomic E-state index is -1.06. The first-order valence-corrected chi connectivity index (χ1v) is 8.40. The van der Waals surface area contributed by atoms with Gasteiger partial charge in [-0.2, -0.15) is 0 Å². The normalized spacial score (nSPS) is 11.0. The van der Waals surface area contributed by atoms with Crippen LogP contribution >= 0.6 is 23.2 Å². The van der Waals surface area contributed by atoms with Crippen molar-refractivity contribution in [2.75, 3.05) is 5.32 Å². The van der Waals surface area contributed by atoms with E-state index in [1.165, 1.54) is 0 Å². The molecule has 0 atom stereocenters. The second kappa shape index (κ2) is 6.92. The van der Waals surface area contributed by atoms with Crippen molar-refractivity contribution in [3.05, 3.63) is 51.0 Å². The average molecular weight is 379 g/mol. The van der Waals surface area contributed by atoms with Crippen LogP contribution in [0.4, 0.5) is 11.6 Å². The fourth-order valence-electron chi connectivity index (χ4n) is 2.75. The van der Waals surface area contributed by atoms with E-state index in [1.54, 1.807) is 12.1 Å². The lowest BCUT2D eigenvalue weighted by molar-refractivity contribution is 0.0696. The minimum absolute atomic E-state index is 0.0926. The summed E-state index contributed by atoms with van der Waals surface area (Å²) >= 11 is 12.3. The molecule has 0 saturated carbocycles. The first kappa shape index (κ1) is 17.5. The number of hydrogen-bond acceptors (Lipinski definition) is 4. The van der Waals surface area contributed by atoms with E-state index in [1.807, 2.05) is 19.1 Å². The quantitative estimate of drug-likeness (QED) is 0.528. The minimum Gasteiger partial charge on any atom is -0.478 e. The van der Waals surface area contributed by atoms with Crippen molar-refractivity contribution >= 4 is 51.8 Å². The average Bonchev–Trinajstić information content (AvgIpc) is 2.97. The van der Waals surface area contributed by atoms with E-state index in [-0.39, 0.29) is 10.6 Å². The molecule has 0 aliphatic heterocycles. The largest absolute Gasteiger partial charge is 0.478 e. The molecular formula is C17H16Cl2N4O2. The van der Waals surface area contributed by atoms with Crippen LogP contribution in [0.3, 0.4) is 0 Å². The maximum absolute atomic E-state index is 11.5. The number of anilines is 2. The van der Waals surface area contributed by atoms with Gasteiger partial charge in [0.2, 0.25) is 5.95 Å². The van der Waals surface area contributed by atoms with Crippen LogP contribution in [0.1, 0.15) is 28.4 Å². The number of carboxylic acids is 1. The van der Waals surface area contributed by atoms with Gasteiger partial charge in [0.25, 0.3) is 0 Å². The van der Waals surface area contributed by atoms with Crippen molar-refractivity contribution < 1.29 is 9.90 Å². The van der Waals surface area contributed by atoms with Crippen molar-refractivity contribution in [3.8, 4) is 0 Å². The fourth-order valence-corrected chi connectivity index (χ4v) is 3.21. The number of carboxylic acid groups (broad SMARTS) is 1. The molecule has 0 unspecified atom stereocenters. The van der Waals surface area contributed by atoms with Gasteiger partial charge in [0, 0.05) is 6.54 Å². The van der Waals surface area contributed by atoms with Gasteiger partial charge in [0.05, 0.1) is 32.3 Å². The van der Waals surface area contributed by atoms with Gasteiger partial charge in [-0.3, -0.25) is 0 Å². The predicted molar refractivity (Wildman–Crippen MR) is 100 cm³/mol. The number of nitrogens with two attached hydrogens (primary N) is 1. The summed E-state index contributed by atoms with van der Waals surface area (Å²) in [7, 11) is 0. The van der Waals surface area contributed by atoms with Gasteiger partial charge >= 0.3 is 5.97 Å². The van der Waals surface area contributed by atoms with Gasteiger partial charge in [0.1, 0.15) is 0 Å². The lowest BCUT2D eigenvalue weighted by Crippen LogP contribution is -2.04. The summed E-state index contributed by atoms with van der Waals surface area (Å²) in [4.78, 5) is 19.1. The Hall–Kier alpha value is -2.28. The molecule has 1 aromatic heterocycles. The van der Waals surface area contributed by atoms with Crippen molar-refractivity contribution in [2.24, 2.45) is 5.73 Å². The van der Waals surface area contributed by atoms with E-state index in [9.17, 15) is 9.90 Å². The van der Waals surface area contributed by atoms with Crippen LogP contribution < -0.4 is 11.1 Å². The zero-order valence-corrected chi connectivity index (χ0v) is 14.9. The molecular weight excluding hydrogens is 363 g/mol. The van der Waals surface area contributed by atoms with Crippen LogP contribution in [0.15, 0.2) is 24.3 Å². The van der Waals surface area contributed by atoms with Crippen LogP contribution in [0, 0.1) is 0 Å². The Kier molecular flexibility index (Phi) is 4.85. The molecule has 1 heterocycles. The SMILES string of the molecule is CCc1c(C(=O)O)c(Cl)cc2nc(Nc3cc(CN)ccc3Cl)[nH]c12. The van der Waals surface area contributed by atoms with E-state index in [0.717, 1.165) is 5.56 Å². The van der Waals surface area contributed by atoms with Gasteiger partial charge < -0.3 is 21.1 Å². The first-order chi connectivity index (χ1) is 11.9. The number of nitrogens with one attached hydrogen (secondary N) is 2. The Morgan fingerprint density at radius 2 is 2.08 bits per heavy atom. The Balaban J connectivity index is 2.09. The number of halogens is 2. The molecule has 0 bridgehead atoms. The third-order valence-electron chi connectivity index (χ3n) is 3.92. The number of benzene rings is 2. The molecule has 0 spiro atoms. The highest BCUT2D eigenvalue weighted by molar-refractivity contribution is 6.34. The molecule has 0 aliphatic rings. The molecule has 0 saturated heterocycles. The number of aryl methyl sites for hydroxylation is 1. The van der Waals surface area contributed by atoms with Gasteiger partial charge in [-0.25, -0.2) is 9.78 Å². The molecule has 3 rings (SSSR count). The molecule has 6 nitrogen and oxygen atoms in total. The summed E-state index contributed by atoms with van der Waals surface area (Å²) in [5.74, 6) is -0.620. The summed E-state index contributed by atoms with van der Waals surface area (Å²) in [6.45, 7) is 2.26. The van der Waals surface area contributed by atoms with Crippen LogP contribution in [-0.4, -0.2) is 21.0 Å². The second-order valence-electron chi connectivity index (χ2n) is 5.49.